The van der Waals surface area contributed by atoms with Gasteiger partial charge in [0.05, 0.1) is 17.2 Å². The third kappa shape index (κ3) is 8.34. The Bertz CT molecular complexity index is 1450. The fourth-order valence-corrected chi connectivity index (χ4v) is 5.83. The standard InChI is InChI=1S/C29H32Cl2FN3O5S/c1-4-16-33-29(37)20(3)34(18-21-6-7-22(30)17-27(21)31)28(36)19-35(24-10-8-23(32)9-11-24)41(38,39)26-14-12-25(13-15-26)40-5-2/h6-15,17,20H,4-5,16,18-19H2,1-3H3,(H,33,37)/t20-/m0/s1. The second kappa shape index (κ2) is 14.5. The highest BCUT2D eigenvalue weighted by Crippen LogP contribution is 2.27. The van der Waals surface area contributed by atoms with Crippen molar-refractivity contribution in [3.63, 3.8) is 0 Å². The average Bonchev–Trinajstić information content (AvgIpc) is 2.94. The van der Waals surface area contributed by atoms with Crippen LogP contribution in [0.1, 0.15) is 32.8 Å². The Morgan fingerprint density at radius 1 is 1.00 bits per heavy atom. The van der Waals surface area contributed by atoms with Gasteiger partial charge in [0.1, 0.15) is 24.2 Å². The number of hydrogen-bond acceptors (Lipinski definition) is 5. The molecule has 0 aliphatic rings. The lowest BCUT2D eigenvalue weighted by Gasteiger charge is -2.32. The Hall–Kier alpha value is -3.34. The SMILES string of the molecule is CCCNC(=O)[C@H](C)N(Cc1ccc(Cl)cc1Cl)C(=O)CN(c1ccc(F)cc1)S(=O)(=O)c1ccc(OCC)cc1. The van der Waals surface area contributed by atoms with Crippen LogP contribution in [0.15, 0.2) is 71.6 Å². The van der Waals surface area contributed by atoms with Gasteiger partial charge in [-0.3, -0.25) is 13.9 Å². The Morgan fingerprint density at radius 3 is 2.24 bits per heavy atom. The Labute approximate surface area is 250 Å². The number of hydrogen-bond donors (Lipinski definition) is 1. The first-order valence-corrected chi connectivity index (χ1v) is 15.2. The Morgan fingerprint density at radius 2 is 1.66 bits per heavy atom. The lowest BCUT2D eigenvalue weighted by atomic mass is 10.1. The summed E-state index contributed by atoms with van der Waals surface area (Å²) in [7, 11) is -4.31. The van der Waals surface area contributed by atoms with E-state index < -0.39 is 40.2 Å². The lowest BCUT2D eigenvalue weighted by Crippen LogP contribution is -2.51. The summed E-state index contributed by atoms with van der Waals surface area (Å²) in [5, 5.41) is 3.45. The van der Waals surface area contributed by atoms with E-state index in [0.717, 1.165) is 16.4 Å². The molecule has 0 saturated carbocycles. The van der Waals surface area contributed by atoms with E-state index in [1.54, 1.807) is 26.0 Å². The van der Waals surface area contributed by atoms with E-state index in [2.05, 4.69) is 5.32 Å². The normalized spacial score (nSPS) is 12.0. The number of amides is 2. The number of carbonyl (C=O) groups excluding carboxylic acids is 2. The maximum absolute atomic E-state index is 13.9. The smallest absolute Gasteiger partial charge is 0.264 e. The molecule has 0 unspecified atom stereocenters. The van der Waals surface area contributed by atoms with Crippen LogP contribution in [0.25, 0.3) is 0 Å². The molecule has 220 valence electrons. The van der Waals surface area contributed by atoms with Crippen LogP contribution >= 0.6 is 23.2 Å². The van der Waals surface area contributed by atoms with Gasteiger partial charge in [-0.15, -0.1) is 0 Å². The molecule has 0 heterocycles. The van der Waals surface area contributed by atoms with Gasteiger partial charge in [-0.1, -0.05) is 36.2 Å². The summed E-state index contributed by atoms with van der Waals surface area (Å²) in [6.45, 7) is 5.30. The first-order valence-electron chi connectivity index (χ1n) is 13.0. The van der Waals surface area contributed by atoms with Gasteiger partial charge in [0.15, 0.2) is 0 Å². The molecular weight excluding hydrogens is 592 g/mol. The number of nitrogens with zero attached hydrogens (tertiary/aromatic N) is 2. The fourth-order valence-electron chi connectivity index (χ4n) is 3.95. The topological polar surface area (TPSA) is 96.0 Å². The molecule has 41 heavy (non-hydrogen) atoms. The van der Waals surface area contributed by atoms with Crippen molar-refractivity contribution in [2.24, 2.45) is 0 Å². The minimum Gasteiger partial charge on any atom is -0.494 e. The number of nitrogens with one attached hydrogen (secondary N) is 1. The van der Waals surface area contributed by atoms with Gasteiger partial charge in [-0.2, -0.15) is 0 Å². The van der Waals surface area contributed by atoms with Crippen molar-refractivity contribution < 1.29 is 27.1 Å². The molecule has 0 aromatic heterocycles. The zero-order chi connectivity index (χ0) is 30.2. The van der Waals surface area contributed by atoms with E-state index >= 15 is 0 Å². The molecule has 0 spiro atoms. The molecule has 0 fully saturated rings. The molecule has 1 N–H and O–H groups in total. The van der Waals surface area contributed by atoms with E-state index in [4.69, 9.17) is 27.9 Å². The highest BCUT2D eigenvalue weighted by Gasteiger charge is 2.33. The molecule has 1 atom stereocenters. The van der Waals surface area contributed by atoms with Crippen molar-refractivity contribution in [1.29, 1.82) is 0 Å². The molecule has 0 aliphatic heterocycles. The third-order valence-corrected chi connectivity index (χ3v) is 8.56. The summed E-state index contributed by atoms with van der Waals surface area (Å²) in [4.78, 5) is 28.0. The minimum absolute atomic E-state index is 0.0706. The highest BCUT2D eigenvalue weighted by atomic mass is 35.5. The zero-order valence-electron chi connectivity index (χ0n) is 22.9. The molecule has 0 aliphatic carbocycles. The maximum Gasteiger partial charge on any atom is 0.264 e. The van der Waals surface area contributed by atoms with Gasteiger partial charge in [-0.05, 0) is 86.5 Å². The average molecular weight is 625 g/mol. The second-order valence-corrected chi connectivity index (χ2v) is 11.8. The van der Waals surface area contributed by atoms with Crippen molar-refractivity contribution in [2.75, 3.05) is 24.0 Å². The Kier molecular flexibility index (Phi) is 11.4. The zero-order valence-corrected chi connectivity index (χ0v) is 25.3. The van der Waals surface area contributed by atoms with Crippen LogP contribution in [0.2, 0.25) is 10.0 Å². The second-order valence-electron chi connectivity index (χ2n) is 9.12. The van der Waals surface area contributed by atoms with E-state index in [1.807, 2.05) is 6.92 Å². The van der Waals surface area contributed by atoms with E-state index in [0.29, 0.717) is 35.9 Å². The molecule has 0 saturated heterocycles. The van der Waals surface area contributed by atoms with Crippen molar-refractivity contribution in [3.05, 3.63) is 88.2 Å². The summed E-state index contributed by atoms with van der Waals surface area (Å²) in [6, 6.07) is 14.3. The molecule has 2 amide bonds. The van der Waals surface area contributed by atoms with Crippen molar-refractivity contribution in [2.45, 2.75) is 44.7 Å². The van der Waals surface area contributed by atoms with Crippen LogP contribution in [0.5, 0.6) is 5.75 Å². The third-order valence-electron chi connectivity index (χ3n) is 6.19. The van der Waals surface area contributed by atoms with Gasteiger partial charge >= 0.3 is 0 Å². The maximum atomic E-state index is 13.9. The number of benzene rings is 3. The molecule has 3 aromatic carbocycles. The monoisotopic (exact) mass is 623 g/mol. The van der Waals surface area contributed by atoms with Crippen molar-refractivity contribution in [3.8, 4) is 5.75 Å². The highest BCUT2D eigenvalue weighted by molar-refractivity contribution is 7.92. The van der Waals surface area contributed by atoms with E-state index in [1.165, 1.54) is 47.4 Å². The van der Waals surface area contributed by atoms with Crippen molar-refractivity contribution >= 4 is 50.7 Å². The number of carbonyl (C=O) groups is 2. The molecule has 8 nitrogen and oxygen atoms in total. The number of ether oxygens (including phenoxy) is 1. The minimum atomic E-state index is -4.31. The number of sulfonamides is 1. The van der Waals surface area contributed by atoms with Crippen LogP contribution in [0, 0.1) is 5.82 Å². The summed E-state index contributed by atoms with van der Waals surface area (Å²) in [6.07, 6.45) is 0.689. The summed E-state index contributed by atoms with van der Waals surface area (Å²) in [5.41, 5.74) is 0.587. The molecular formula is C29H32Cl2FN3O5S. The quantitative estimate of drug-likeness (QED) is 0.265. The van der Waals surface area contributed by atoms with E-state index in [9.17, 15) is 22.4 Å². The molecule has 0 radical (unpaired) electrons. The molecule has 3 rings (SSSR count). The van der Waals surface area contributed by atoms with E-state index in [-0.39, 0.29) is 22.2 Å². The Balaban J connectivity index is 2.02. The predicted octanol–water partition coefficient (Wildman–Crippen LogP) is 5.67. The molecule has 3 aromatic rings. The number of anilines is 1. The largest absolute Gasteiger partial charge is 0.494 e. The molecule has 0 bridgehead atoms. The van der Waals surface area contributed by atoms with Gasteiger partial charge in [0.2, 0.25) is 11.8 Å². The first kappa shape index (κ1) is 32.2. The van der Waals surface area contributed by atoms with Crippen LogP contribution in [0.4, 0.5) is 10.1 Å². The van der Waals surface area contributed by atoms with Crippen LogP contribution < -0.4 is 14.4 Å². The van der Waals surface area contributed by atoms with Gasteiger partial charge < -0.3 is 15.0 Å². The molecule has 12 heteroatoms. The summed E-state index contributed by atoms with van der Waals surface area (Å²) >= 11 is 12.4. The van der Waals surface area contributed by atoms with Crippen LogP contribution in [0.3, 0.4) is 0 Å². The van der Waals surface area contributed by atoms with Crippen LogP contribution in [-0.2, 0) is 26.2 Å². The summed E-state index contributed by atoms with van der Waals surface area (Å²) < 4.78 is 47.7. The van der Waals surface area contributed by atoms with Crippen molar-refractivity contribution in [1.82, 2.24) is 10.2 Å². The fraction of sp³-hybridized carbons (Fsp3) is 0.310. The number of halogens is 3. The van der Waals surface area contributed by atoms with Gasteiger partial charge in [0, 0.05) is 23.1 Å². The van der Waals surface area contributed by atoms with Gasteiger partial charge in [0.25, 0.3) is 10.0 Å². The lowest BCUT2D eigenvalue weighted by molar-refractivity contribution is -0.139. The number of rotatable bonds is 13. The van der Waals surface area contributed by atoms with Crippen LogP contribution in [-0.4, -0.2) is 50.9 Å². The summed E-state index contributed by atoms with van der Waals surface area (Å²) in [5.74, 6) is -1.17. The predicted molar refractivity (Wildman–Crippen MR) is 158 cm³/mol. The first-order chi connectivity index (χ1) is 19.5. The van der Waals surface area contributed by atoms with Gasteiger partial charge in [-0.25, -0.2) is 12.8 Å².